The summed E-state index contributed by atoms with van der Waals surface area (Å²) in [6.07, 6.45) is 2.20. The molecule has 1 aromatic rings. The van der Waals surface area contributed by atoms with E-state index in [0.717, 1.165) is 17.0 Å². The Labute approximate surface area is 114 Å². The van der Waals surface area contributed by atoms with Crippen LogP contribution in [-0.4, -0.2) is 33.2 Å². The number of esters is 1. The SMILES string of the molecule is CCOC(=O)/C=C(\C)NC(=O)c1nn(C)cc1[N+](=O)[O-]. The minimum Gasteiger partial charge on any atom is -0.463 e. The average Bonchev–Trinajstić information content (AvgIpc) is 2.71. The van der Waals surface area contributed by atoms with Crippen LogP contribution in [0.4, 0.5) is 5.69 Å². The molecule has 0 aromatic carbocycles. The number of nitrogens with one attached hydrogen (secondary N) is 1. The van der Waals surface area contributed by atoms with Crippen LogP contribution in [0.3, 0.4) is 0 Å². The zero-order valence-electron chi connectivity index (χ0n) is 11.2. The van der Waals surface area contributed by atoms with Gasteiger partial charge in [0.05, 0.1) is 11.5 Å². The highest BCUT2D eigenvalue weighted by Gasteiger charge is 2.24. The second-order valence-electron chi connectivity index (χ2n) is 3.83. The third-order valence-electron chi connectivity index (χ3n) is 2.15. The summed E-state index contributed by atoms with van der Waals surface area (Å²) in [5, 5.41) is 16.8. The first-order valence-corrected chi connectivity index (χ1v) is 5.69. The van der Waals surface area contributed by atoms with Crippen LogP contribution in [-0.2, 0) is 16.6 Å². The Bertz CT molecular complexity index is 575. The predicted molar refractivity (Wildman–Crippen MR) is 67.7 cm³/mol. The number of aromatic nitrogens is 2. The summed E-state index contributed by atoms with van der Waals surface area (Å²) in [6.45, 7) is 3.32. The molecule has 1 amide bonds. The van der Waals surface area contributed by atoms with E-state index in [-0.39, 0.29) is 18.0 Å². The molecule has 0 aliphatic carbocycles. The monoisotopic (exact) mass is 282 g/mol. The molecule has 0 spiro atoms. The molecule has 9 heteroatoms. The maximum atomic E-state index is 11.8. The van der Waals surface area contributed by atoms with Crippen molar-refractivity contribution in [2.75, 3.05) is 6.61 Å². The Morgan fingerprint density at radius 1 is 1.60 bits per heavy atom. The Morgan fingerprint density at radius 3 is 2.80 bits per heavy atom. The van der Waals surface area contributed by atoms with Crippen LogP contribution in [0.1, 0.15) is 24.3 Å². The number of nitrogens with zero attached hydrogens (tertiary/aromatic N) is 3. The Kier molecular flexibility index (Phi) is 4.95. The van der Waals surface area contributed by atoms with Crippen molar-refractivity contribution in [1.29, 1.82) is 0 Å². The molecule has 0 saturated heterocycles. The van der Waals surface area contributed by atoms with Crippen molar-refractivity contribution >= 4 is 17.6 Å². The second-order valence-corrected chi connectivity index (χ2v) is 3.83. The Morgan fingerprint density at radius 2 is 2.25 bits per heavy atom. The molecular formula is C11H14N4O5. The van der Waals surface area contributed by atoms with Gasteiger partial charge >= 0.3 is 11.7 Å². The van der Waals surface area contributed by atoms with Crippen molar-refractivity contribution in [2.45, 2.75) is 13.8 Å². The van der Waals surface area contributed by atoms with E-state index in [9.17, 15) is 19.7 Å². The highest BCUT2D eigenvalue weighted by Crippen LogP contribution is 2.15. The van der Waals surface area contributed by atoms with Gasteiger partial charge in [-0.05, 0) is 13.8 Å². The van der Waals surface area contributed by atoms with Crippen molar-refractivity contribution in [3.63, 3.8) is 0 Å². The lowest BCUT2D eigenvalue weighted by atomic mass is 10.3. The molecule has 0 atom stereocenters. The largest absolute Gasteiger partial charge is 0.463 e. The first kappa shape index (κ1) is 15.3. The highest BCUT2D eigenvalue weighted by molar-refractivity contribution is 5.97. The van der Waals surface area contributed by atoms with Crippen molar-refractivity contribution < 1.29 is 19.2 Å². The molecule has 9 nitrogen and oxygen atoms in total. The second kappa shape index (κ2) is 6.45. The molecule has 0 bridgehead atoms. The molecular weight excluding hydrogens is 268 g/mol. The number of rotatable bonds is 5. The van der Waals surface area contributed by atoms with E-state index in [4.69, 9.17) is 0 Å². The third kappa shape index (κ3) is 3.90. The molecule has 0 unspecified atom stereocenters. The summed E-state index contributed by atoms with van der Waals surface area (Å²) in [4.78, 5) is 33.1. The minimum atomic E-state index is -0.768. The van der Waals surface area contributed by atoms with Gasteiger partial charge in [-0.1, -0.05) is 0 Å². The third-order valence-corrected chi connectivity index (χ3v) is 2.15. The Hall–Kier alpha value is -2.71. The van der Waals surface area contributed by atoms with E-state index in [1.54, 1.807) is 6.92 Å². The van der Waals surface area contributed by atoms with E-state index in [1.807, 2.05) is 0 Å². The molecule has 0 aliphatic heterocycles. The number of amides is 1. The van der Waals surface area contributed by atoms with Crippen molar-refractivity contribution in [2.24, 2.45) is 7.05 Å². The van der Waals surface area contributed by atoms with Gasteiger partial charge in [-0.3, -0.25) is 19.6 Å². The number of allylic oxidation sites excluding steroid dienone is 1. The molecule has 1 heterocycles. The molecule has 0 aliphatic rings. The van der Waals surface area contributed by atoms with Crippen LogP contribution in [0, 0.1) is 10.1 Å². The first-order valence-electron chi connectivity index (χ1n) is 5.69. The number of carbonyl (C=O) groups excluding carboxylic acids is 2. The maximum Gasteiger partial charge on any atom is 0.332 e. The van der Waals surface area contributed by atoms with Gasteiger partial charge in [0.25, 0.3) is 5.91 Å². The van der Waals surface area contributed by atoms with E-state index in [1.165, 1.54) is 14.0 Å². The lowest BCUT2D eigenvalue weighted by Crippen LogP contribution is -2.23. The van der Waals surface area contributed by atoms with Gasteiger partial charge in [0, 0.05) is 18.8 Å². The van der Waals surface area contributed by atoms with Crippen molar-refractivity contribution in [1.82, 2.24) is 15.1 Å². The topological polar surface area (TPSA) is 116 Å². The number of ether oxygens (including phenoxy) is 1. The van der Waals surface area contributed by atoms with Crippen LogP contribution in [0.5, 0.6) is 0 Å². The van der Waals surface area contributed by atoms with Crippen molar-refractivity contribution in [3.8, 4) is 0 Å². The normalized spacial score (nSPS) is 11.1. The quantitative estimate of drug-likeness (QED) is 0.364. The predicted octanol–water partition coefficient (Wildman–Crippen LogP) is 0.525. The van der Waals surface area contributed by atoms with E-state index < -0.39 is 22.5 Å². The van der Waals surface area contributed by atoms with Gasteiger partial charge in [0.1, 0.15) is 6.20 Å². The minimum absolute atomic E-state index is 0.202. The zero-order valence-corrected chi connectivity index (χ0v) is 11.2. The fraction of sp³-hybridized carbons (Fsp3) is 0.364. The average molecular weight is 282 g/mol. The fourth-order valence-corrected chi connectivity index (χ4v) is 1.41. The smallest absolute Gasteiger partial charge is 0.332 e. The van der Waals surface area contributed by atoms with Gasteiger partial charge in [-0.15, -0.1) is 0 Å². The van der Waals surface area contributed by atoms with Crippen LogP contribution < -0.4 is 5.32 Å². The Balaban J connectivity index is 2.86. The summed E-state index contributed by atoms with van der Waals surface area (Å²) in [5.41, 5.74) is -0.531. The summed E-state index contributed by atoms with van der Waals surface area (Å²) < 4.78 is 5.84. The first-order chi connectivity index (χ1) is 9.35. The van der Waals surface area contributed by atoms with E-state index in [0.29, 0.717) is 0 Å². The van der Waals surface area contributed by atoms with E-state index in [2.05, 4.69) is 15.2 Å². The van der Waals surface area contributed by atoms with Crippen LogP contribution in [0.25, 0.3) is 0 Å². The number of carbonyl (C=O) groups is 2. The molecule has 20 heavy (non-hydrogen) atoms. The molecule has 0 saturated carbocycles. The van der Waals surface area contributed by atoms with Crippen LogP contribution in [0.2, 0.25) is 0 Å². The molecule has 0 radical (unpaired) electrons. The van der Waals surface area contributed by atoms with Crippen LogP contribution in [0.15, 0.2) is 18.0 Å². The summed E-state index contributed by atoms with van der Waals surface area (Å²) in [5.74, 6) is -1.38. The number of hydrogen-bond acceptors (Lipinski definition) is 6. The fourth-order valence-electron chi connectivity index (χ4n) is 1.41. The zero-order chi connectivity index (χ0) is 15.3. The molecule has 1 N–H and O–H groups in total. The summed E-state index contributed by atoms with van der Waals surface area (Å²) in [6, 6.07) is 0. The number of nitro groups is 1. The molecule has 1 aromatic heterocycles. The summed E-state index contributed by atoms with van der Waals surface area (Å²) in [7, 11) is 1.46. The molecule has 1 rings (SSSR count). The maximum absolute atomic E-state index is 11.8. The number of aryl methyl sites for hydroxylation is 1. The lowest BCUT2D eigenvalue weighted by molar-refractivity contribution is -0.385. The van der Waals surface area contributed by atoms with Gasteiger partial charge in [-0.25, -0.2) is 4.79 Å². The van der Waals surface area contributed by atoms with Gasteiger partial charge in [-0.2, -0.15) is 5.10 Å². The van der Waals surface area contributed by atoms with Crippen molar-refractivity contribution in [3.05, 3.63) is 33.8 Å². The van der Waals surface area contributed by atoms with Gasteiger partial charge < -0.3 is 10.1 Å². The van der Waals surface area contributed by atoms with Crippen LogP contribution >= 0.6 is 0 Å². The van der Waals surface area contributed by atoms with Gasteiger partial charge in [0.2, 0.25) is 5.69 Å². The molecule has 108 valence electrons. The van der Waals surface area contributed by atoms with Gasteiger partial charge in [0.15, 0.2) is 0 Å². The number of hydrogen-bond donors (Lipinski definition) is 1. The standard InChI is InChI=1S/C11H14N4O5/c1-4-20-9(16)5-7(2)12-11(17)10-8(15(18)19)6-14(3)13-10/h5-6H,4H2,1-3H3,(H,12,17)/b7-5+. The van der Waals surface area contributed by atoms with E-state index >= 15 is 0 Å². The summed E-state index contributed by atoms with van der Waals surface area (Å²) >= 11 is 0. The highest BCUT2D eigenvalue weighted by atomic mass is 16.6. The molecule has 0 fully saturated rings. The lowest BCUT2D eigenvalue weighted by Gasteiger charge is -2.03.